The number of halogens is 2. The average molecular weight is 433 g/mol. The molecule has 6 nitrogen and oxygen atoms in total. The van der Waals surface area contributed by atoms with Crippen LogP contribution in [-0.4, -0.2) is 55.2 Å². The average Bonchev–Trinajstić information content (AvgIpc) is 2.79. The Bertz CT molecular complexity index is 918. The summed E-state index contributed by atoms with van der Waals surface area (Å²) >= 11 is 6.14. The summed E-state index contributed by atoms with van der Waals surface area (Å²) in [6.07, 6.45) is 3.54. The van der Waals surface area contributed by atoms with E-state index in [2.05, 4.69) is 15.2 Å². The van der Waals surface area contributed by atoms with Gasteiger partial charge < -0.3 is 19.9 Å². The molecule has 0 unspecified atom stereocenters. The molecule has 1 aromatic heterocycles. The number of hydrogen-bond donors (Lipinski definition) is 1. The largest absolute Gasteiger partial charge is 0.381 e. The maximum absolute atomic E-state index is 13.5. The number of amides is 1. The number of methoxy groups -OCH3 is 1. The van der Waals surface area contributed by atoms with Gasteiger partial charge in [0.05, 0.1) is 17.4 Å². The van der Waals surface area contributed by atoms with Crippen molar-refractivity contribution in [3.05, 3.63) is 52.2 Å². The number of fused-ring (bicyclic) bond motifs is 1. The molecule has 1 N–H and O–H groups in total. The van der Waals surface area contributed by atoms with Crippen LogP contribution in [0.3, 0.4) is 0 Å². The lowest BCUT2D eigenvalue weighted by molar-refractivity contribution is 0.0350. The molecule has 30 heavy (non-hydrogen) atoms. The van der Waals surface area contributed by atoms with Gasteiger partial charge in [0.15, 0.2) is 0 Å². The van der Waals surface area contributed by atoms with Crippen molar-refractivity contribution < 1.29 is 13.9 Å². The number of piperidine rings is 1. The van der Waals surface area contributed by atoms with Crippen molar-refractivity contribution in [2.45, 2.75) is 32.2 Å². The summed E-state index contributed by atoms with van der Waals surface area (Å²) in [5.74, 6) is 0.720. The highest BCUT2D eigenvalue weighted by molar-refractivity contribution is 6.30. The number of aromatic nitrogens is 1. The summed E-state index contributed by atoms with van der Waals surface area (Å²) in [4.78, 5) is 21.5. The van der Waals surface area contributed by atoms with Gasteiger partial charge in [-0.1, -0.05) is 17.7 Å². The molecule has 4 rings (SSSR count). The summed E-state index contributed by atoms with van der Waals surface area (Å²) in [6, 6.07) is 7.12. The fraction of sp³-hybridized carbons (Fsp3) is 0.455. The second-order valence-electron chi connectivity index (χ2n) is 7.71. The topological polar surface area (TPSA) is 57.7 Å². The highest BCUT2D eigenvalue weighted by atomic mass is 35.5. The first-order chi connectivity index (χ1) is 14.6. The van der Waals surface area contributed by atoms with Crippen LogP contribution in [-0.2, 0) is 18.0 Å². The van der Waals surface area contributed by atoms with Gasteiger partial charge in [0.25, 0.3) is 5.91 Å². The van der Waals surface area contributed by atoms with Gasteiger partial charge in [-0.3, -0.25) is 4.79 Å². The number of carbonyl (C=O) groups is 1. The van der Waals surface area contributed by atoms with E-state index in [1.807, 2.05) is 11.0 Å². The van der Waals surface area contributed by atoms with Crippen molar-refractivity contribution in [1.82, 2.24) is 9.88 Å². The Morgan fingerprint density at radius 1 is 1.27 bits per heavy atom. The van der Waals surface area contributed by atoms with E-state index in [0.29, 0.717) is 35.8 Å². The molecule has 0 bridgehead atoms. The maximum Gasteiger partial charge on any atom is 0.255 e. The zero-order chi connectivity index (χ0) is 21.1. The number of benzene rings is 1. The number of hydrogen-bond acceptors (Lipinski definition) is 5. The van der Waals surface area contributed by atoms with E-state index in [0.717, 1.165) is 43.0 Å². The lowest BCUT2D eigenvalue weighted by Crippen LogP contribution is -2.41. The predicted octanol–water partition coefficient (Wildman–Crippen LogP) is 3.89. The van der Waals surface area contributed by atoms with E-state index < -0.39 is 6.67 Å². The van der Waals surface area contributed by atoms with E-state index in [9.17, 15) is 9.18 Å². The summed E-state index contributed by atoms with van der Waals surface area (Å²) in [5, 5.41) is 3.87. The number of ether oxygens (including phenoxy) is 1. The van der Waals surface area contributed by atoms with Gasteiger partial charge in [-0.05, 0) is 42.2 Å². The Balaban J connectivity index is 1.56. The first-order valence-corrected chi connectivity index (χ1v) is 10.6. The summed E-state index contributed by atoms with van der Waals surface area (Å²) in [6.45, 7) is 2.78. The molecule has 0 radical (unpaired) electrons. The molecular weight excluding hydrogens is 407 g/mol. The molecule has 2 aromatic rings. The molecule has 1 fully saturated rings. The monoisotopic (exact) mass is 432 g/mol. The van der Waals surface area contributed by atoms with Crippen LogP contribution in [0.5, 0.6) is 0 Å². The summed E-state index contributed by atoms with van der Waals surface area (Å²) in [7, 11) is 1.71. The molecule has 1 aromatic carbocycles. The Morgan fingerprint density at radius 2 is 2.07 bits per heavy atom. The minimum Gasteiger partial charge on any atom is -0.381 e. The second kappa shape index (κ2) is 9.18. The number of anilines is 2. The highest BCUT2D eigenvalue weighted by Gasteiger charge is 2.26. The van der Waals surface area contributed by atoms with Crippen LogP contribution in [0.4, 0.5) is 15.9 Å². The van der Waals surface area contributed by atoms with Crippen molar-refractivity contribution in [3.63, 3.8) is 0 Å². The Morgan fingerprint density at radius 3 is 2.80 bits per heavy atom. The number of alkyl halides is 1. The molecule has 0 spiro atoms. The molecule has 3 heterocycles. The Hall–Kier alpha value is -2.38. The maximum atomic E-state index is 13.5. The van der Waals surface area contributed by atoms with Gasteiger partial charge in [-0.2, -0.15) is 0 Å². The van der Waals surface area contributed by atoms with Crippen LogP contribution in [0.15, 0.2) is 30.5 Å². The molecule has 8 heteroatoms. The highest BCUT2D eigenvalue weighted by Crippen LogP contribution is 2.31. The number of nitrogens with one attached hydrogen (secondary N) is 1. The number of pyridine rings is 1. The van der Waals surface area contributed by atoms with E-state index in [1.54, 1.807) is 31.5 Å². The van der Waals surface area contributed by atoms with Crippen LogP contribution in [0.2, 0.25) is 5.02 Å². The van der Waals surface area contributed by atoms with Crippen molar-refractivity contribution in [2.24, 2.45) is 0 Å². The third kappa shape index (κ3) is 4.37. The fourth-order valence-electron chi connectivity index (χ4n) is 4.10. The molecule has 0 atom stereocenters. The van der Waals surface area contributed by atoms with Crippen molar-refractivity contribution in [3.8, 4) is 0 Å². The minimum atomic E-state index is -0.542. The van der Waals surface area contributed by atoms with Crippen molar-refractivity contribution >= 4 is 29.0 Å². The first kappa shape index (κ1) is 20.9. The molecule has 160 valence electrons. The van der Waals surface area contributed by atoms with Crippen LogP contribution in [0, 0.1) is 0 Å². The summed E-state index contributed by atoms with van der Waals surface area (Å²) < 4.78 is 18.8. The Kier molecular flexibility index (Phi) is 6.39. The van der Waals surface area contributed by atoms with Gasteiger partial charge in [0.1, 0.15) is 12.5 Å². The fourth-order valence-corrected chi connectivity index (χ4v) is 4.29. The SMILES string of the molecule is COC1CCN(C(=O)c2cnc3c(c2)N(Cc2cc(Cl)ccc2CF)CCN3)CC1. The molecule has 1 amide bonds. The van der Waals surface area contributed by atoms with Gasteiger partial charge >= 0.3 is 0 Å². The van der Waals surface area contributed by atoms with Crippen molar-refractivity contribution in [1.29, 1.82) is 0 Å². The Labute approximate surface area is 181 Å². The lowest BCUT2D eigenvalue weighted by Gasteiger charge is -2.33. The zero-order valence-corrected chi connectivity index (χ0v) is 17.8. The van der Waals surface area contributed by atoms with Crippen LogP contribution in [0.1, 0.15) is 34.3 Å². The van der Waals surface area contributed by atoms with Crippen molar-refractivity contribution in [2.75, 3.05) is 43.5 Å². The lowest BCUT2D eigenvalue weighted by atomic mass is 10.1. The van der Waals surface area contributed by atoms with Crippen LogP contribution in [0.25, 0.3) is 0 Å². The molecule has 2 aliphatic rings. The molecule has 2 aliphatic heterocycles. The predicted molar refractivity (Wildman–Crippen MR) is 116 cm³/mol. The van der Waals surface area contributed by atoms with Crippen LogP contribution < -0.4 is 10.2 Å². The normalized spacial score (nSPS) is 16.9. The number of carbonyl (C=O) groups excluding carboxylic acids is 1. The van der Waals surface area contributed by atoms with Gasteiger partial charge in [0, 0.05) is 51.1 Å². The second-order valence-corrected chi connectivity index (χ2v) is 8.15. The number of nitrogens with zero attached hydrogens (tertiary/aromatic N) is 3. The van der Waals surface area contributed by atoms with Gasteiger partial charge in [-0.15, -0.1) is 0 Å². The molecular formula is C22H26ClFN4O2. The molecule has 1 saturated heterocycles. The minimum absolute atomic E-state index is 0.0161. The zero-order valence-electron chi connectivity index (χ0n) is 17.0. The first-order valence-electron chi connectivity index (χ1n) is 10.2. The van der Waals surface area contributed by atoms with E-state index in [1.165, 1.54) is 0 Å². The smallest absolute Gasteiger partial charge is 0.255 e. The molecule has 0 aliphatic carbocycles. The number of likely N-dealkylation sites (tertiary alicyclic amines) is 1. The third-order valence-electron chi connectivity index (χ3n) is 5.87. The molecule has 0 saturated carbocycles. The standard InChI is InChI=1S/C22H26ClFN4O2/c1-30-19-4-7-27(8-5-19)22(29)16-11-20-21(26-13-16)25-6-9-28(20)14-17-10-18(23)3-2-15(17)12-24/h2-3,10-11,13,19H,4-9,12,14H2,1H3,(H,25,26). The van der Waals surface area contributed by atoms with E-state index in [-0.39, 0.29) is 12.0 Å². The van der Waals surface area contributed by atoms with Crippen LogP contribution >= 0.6 is 11.6 Å². The van der Waals surface area contributed by atoms with Gasteiger partial charge in [0.2, 0.25) is 0 Å². The quantitative estimate of drug-likeness (QED) is 0.776. The van der Waals surface area contributed by atoms with E-state index >= 15 is 0 Å². The number of rotatable bonds is 5. The third-order valence-corrected chi connectivity index (χ3v) is 6.10. The van der Waals surface area contributed by atoms with E-state index in [4.69, 9.17) is 16.3 Å². The summed E-state index contributed by atoms with van der Waals surface area (Å²) in [5.41, 5.74) is 2.88. The van der Waals surface area contributed by atoms with Gasteiger partial charge in [-0.25, -0.2) is 9.37 Å².